The molecule has 0 aliphatic carbocycles. The van der Waals surface area contributed by atoms with Crippen LogP contribution in [0.3, 0.4) is 0 Å². The van der Waals surface area contributed by atoms with Gasteiger partial charge in [-0.3, -0.25) is 4.79 Å². The van der Waals surface area contributed by atoms with Gasteiger partial charge >= 0.3 is 0 Å². The Morgan fingerprint density at radius 3 is 2.46 bits per heavy atom. The predicted octanol–water partition coefficient (Wildman–Crippen LogP) is 3.03. The van der Waals surface area contributed by atoms with E-state index >= 15 is 0 Å². The summed E-state index contributed by atoms with van der Waals surface area (Å²) in [5.41, 5.74) is 0.807. The molecule has 0 unspecified atom stereocenters. The molecule has 1 amide bonds. The van der Waals surface area contributed by atoms with Gasteiger partial charge in [0.15, 0.2) is 0 Å². The number of sulfonamides is 1. The van der Waals surface area contributed by atoms with Crippen molar-refractivity contribution in [2.24, 2.45) is 0 Å². The van der Waals surface area contributed by atoms with Crippen LogP contribution in [0.4, 0.5) is 0 Å². The summed E-state index contributed by atoms with van der Waals surface area (Å²) in [6, 6.07) is 11.9. The van der Waals surface area contributed by atoms with Crippen LogP contribution in [0.1, 0.15) is 12.5 Å². The summed E-state index contributed by atoms with van der Waals surface area (Å²) in [4.78, 5) is 12.6. The molecule has 0 bridgehead atoms. The first-order valence-electron chi connectivity index (χ1n) is 8.53. The van der Waals surface area contributed by atoms with E-state index in [1.165, 1.54) is 25.3 Å². The number of hydrogen-bond donors (Lipinski definition) is 2. The SMILES string of the molecule is COC[C@@H](C)NC(=O)[C@H](Cc1ccccc1)NS(=O)(=O)c1cc(Cl)ccc1Cl. The molecule has 0 aliphatic heterocycles. The summed E-state index contributed by atoms with van der Waals surface area (Å²) in [6.45, 7) is 2.07. The second-order valence-electron chi connectivity index (χ2n) is 6.30. The molecule has 0 fully saturated rings. The van der Waals surface area contributed by atoms with Crippen LogP contribution in [0.5, 0.6) is 0 Å². The lowest BCUT2D eigenvalue weighted by molar-refractivity contribution is -0.123. The summed E-state index contributed by atoms with van der Waals surface area (Å²) in [6.07, 6.45) is 0.170. The zero-order valence-electron chi connectivity index (χ0n) is 15.5. The van der Waals surface area contributed by atoms with Crippen molar-refractivity contribution in [1.29, 1.82) is 0 Å². The molecule has 0 aliphatic rings. The average Bonchev–Trinajstić information content (AvgIpc) is 2.64. The summed E-state index contributed by atoms with van der Waals surface area (Å²) in [5.74, 6) is -0.463. The molecule has 0 spiro atoms. The Hall–Kier alpha value is -1.64. The molecule has 0 radical (unpaired) electrons. The topological polar surface area (TPSA) is 84.5 Å². The van der Waals surface area contributed by atoms with Gasteiger partial charge in [0.25, 0.3) is 0 Å². The third kappa shape index (κ3) is 6.46. The lowest BCUT2D eigenvalue weighted by Gasteiger charge is -2.21. The quantitative estimate of drug-likeness (QED) is 0.622. The van der Waals surface area contributed by atoms with Crippen molar-refractivity contribution in [3.63, 3.8) is 0 Å². The van der Waals surface area contributed by atoms with Crippen molar-refractivity contribution in [3.05, 3.63) is 64.1 Å². The zero-order chi connectivity index (χ0) is 20.7. The summed E-state index contributed by atoms with van der Waals surface area (Å²) in [7, 11) is -2.56. The molecule has 2 rings (SSSR count). The lowest BCUT2D eigenvalue weighted by atomic mass is 10.1. The molecular weight excluding hydrogens is 423 g/mol. The van der Waals surface area contributed by atoms with Gasteiger partial charge in [-0.1, -0.05) is 53.5 Å². The van der Waals surface area contributed by atoms with Crippen molar-refractivity contribution in [2.45, 2.75) is 30.3 Å². The number of benzene rings is 2. The highest BCUT2D eigenvalue weighted by molar-refractivity contribution is 7.89. The number of nitrogens with one attached hydrogen (secondary N) is 2. The number of rotatable bonds is 9. The van der Waals surface area contributed by atoms with E-state index in [0.29, 0.717) is 6.61 Å². The summed E-state index contributed by atoms with van der Waals surface area (Å²) in [5, 5.41) is 2.99. The van der Waals surface area contributed by atoms with E-state index in [2.05, 4.69) is 10.0 Å². The first-order valence-corrected chi connectivity index (χ1v) is 10.8. The van der Waals surface area contributed by atoms with Gasteiger partial charge in [0.1, 0.15) is 10.9 Å². The van der Waals surface area contributed by atoms with E-state index in [4.69, 9.17) is 27.9 Å². The Bertz CT molecular complexity index is 907. The van der Waals surface area contributed by atoms with Gasteiger partial charge in [0.05, 0.1) is 11.6 Å². The molecule has 2 atom stereocenters. The number of methoxy groups -OCH3 is 1. The molecule has 0 heterocycles. The van der Waals surface area contributed by atoms with Crippen LogP contribution in [-0.2, 0) is 26.0 Å². The summed E-state index contributed by atoms with van der Waals surface area (Å²) >= 11 is 11.9. The standard InChI is InChI=1S/C19H22Cl2N2O4S/c1-13(12-27-2)22-19(24)17(10-14-6-4-3-5-7-14)23-28(25,26)18-11-15(20)8-9-16(18)21/h3-9,11,13,17,23H,10,12H2,1-2H3,(H,22,24)/t13-,17+/m1/s1. The molecule has 2 N–H and O–H groups in total. The highest BCUT2D eigenvalue weighted by Gasteiger charge is 2.28. The normalized spacial score (nSPS) is 13.7. The van der Waals surface area contributed by atoms with Crippen LogP contribution in [0.25, 0.3) is 0 Å². The fourth-order valence-electron chi connectivity index (χ4n) is 2.61. The maximum absolute atomic E-state index is 12.9. The molecule has 0 saturated heterocycles. The van der Waals surface area contributed by atoms with Crippen LogP contribution in [0, 0.1) is 0 Å². The van der Waals surface area contributed by atoms with E-state index in [-0.39, 0.29) is 27.4 Å². The third-order valence-electron chi connectivity index (χ3n) is 3.88. The number of ether oxygens (including phenoxy) is 1. The summed E-state index contributed by atoms with van der Waals surface area (Å²) < 4.78 is 33.2. The minimum atomic E-state index is -4.08. The minimum absolute atomic E-state index is 0.0171. The molecule has 0 saturated carbocycles. The van der Waals surface area contributed by atoms with Crippen molar-refractivity contribution < 1.29 is 17.9 Å². The zero-order valence-corrected chi connectivity index (χ0v) is 17.8. The maximum Gasteiger partial charge on any atom is 0.242 e. The number of halogens is 2. The first-order chi connectivity index (χ1) is 13.2. The van der Waals surface area contributed by atoms with E-state index < -0.39 is 22.0 Å². The van der Waals surface area contributed by atoms with E-state index in [9.17, 15) is 13.2 Å². The number of carbonyl (C=O) groups excluding carboxylic acids is 1. The van der Waals surface area contributed by atoms with Crippen LogP contribution >= 0.6 is 23.2 Å². The molecule has 9 heteroatoms. The van der Waals surface area contributed by atoms with E-state index in [1.54, 1.807) is 6.92 Å². The molecule has 6 nitrogen and oxygen atoms in total. The third-order valence-corrected chi connectivity index (χ3v) is 6.07. The molecule has 152 valence electrons. The highest BCUT2D eigenvalue weighted by atomic mass is 35.5. The Labute approximate surface area is 175 Å². The molecule has 0 aromatic heterocycles. The number of amides is 1. The highest BCUT2D eigenvalue weighted by Crippen LogP contribution is 2.25. The Kier molecular flexibility index (Phi) is 8.27. The van der Waals surface area contributed by atoms with Crippen molar-refractivity contribution in [2.75, 3.05) is 13.7 Å². The van der Waals surface area contributed by atoms with Gasteiger partial charge < -0.3 is 10.1 Å². The Morgan fingerprint density at radius 1 is 1.14 bits per heavy atom. The van der Waals surface area contributed by atoms with Crippen molar-refractivity contribution >= 4 is 39.1 Å². The van der Waals surface area contributed by atoms with Gasteiger partial charge in [-0.2, -0.15) is 4.72 Å². The smallest absolute Gasteiger partial charge is 0.242 e. The van der Waals surface area contributed by atoms with Crippen LogP contribution in [0.15, 0.2) is 53.4 Å². The van der Waals surface area contributed by atoms with Crippen LogP contribution in [0.2, 0.25) is 10.0 Å². The first kappa shape index (κ1) is 22.6. The average molecular weight is 445 g/mol. The van der Waals surface area contributed by atoms with Gasteiger partial charge in [-0.25, -0.2) is 8.42 Å². The fraction of sp³-hybridized carbons (Fsp3) is 0.316. The van der Waals surface area contributed by atoms with Crippen molar-refractivity contribution in [1.82, 2.24) is 10.0 Å². The maximum atomic E-state index is 12.9. The predicted molar refractivity (Wildman–Crippen MR) is 110 cm³/mol. The Balaban J connectivity index is 2.29. The van der Waals surface area contributed by atoms with Crippen LogP contribution in [-0.4, -0.2) is 40.1 Å². The Morgan fingerprint density at radius 2 is 1.82 bits per heavy atom. The second kappa shape index (κ2) is 10.2. The van der Waals surface area contributed by atoms with Gasteiger partial charge in [-0.15, -0.1) is 0 Å². The molecule has 2 aromatic rings. The molecule has 28 heavy (non-hydrogen) atoms. The van der Waals surface area contributed by atoms with E-state index in [1.807, 2.05) is 30.3 Å². The van der Waals surface area contributed by atoms with Gasteiger partial charge in [0, 0.05) is 18.2 Å². The molecule has 2 aromatic carbocycles. The van der Waals surface area contributed by atoms with Gasteiger partial charge in [-0.05, 0) is 37.1 Å². The largest absolute Gasteiger partial charge is 0.383 e. The fourth-order valence-corrected chi connectivity index (χ4v) is 4.56. The number of hydrogen-bond acceptors (Lipinski definition) is 4. The van der Waals surface area contributed by atoms with Gasteiger partial charge in [0.2, 0.25) is 15.9 Å². The van der Waals surface area contributed by atoms with E-state index in [0.717, 1.165) is 5.56 Å². The van der Waals surface area contributed by atoms with Crippen LogP contribution < -0.4 is 10.0 Å². The lowest BCUT2D eigenvalue weighted by Crippen LogP contribution is -2.50. The minimum Gasteiger partial charge on any atom is -0.383 e. The second-order valence-corrected chi connectivity index (χ2v) is 8.83. The monoisotopic (exact) mass is 444 g/mol. The van der Waals surface area contributed by atoms with Crippen molar-refractivity contribution in [3.8, 4) is 0 Å². The number of carbonyl (C=O) groups is 1. The molecular formula is C19H22Cl2N2O4S.